The van der Waals surface area contributed by atoms with Crippen LogP contribution >= 0.6 is 11.6 Å². The van der Waals surface area contributed by atoms with Crippen LogP contribution in [0, 0.1) is 5.82 Å². The van der Waals surface area contributed by atoms with Crippen LogP contribution in [0.3, 0.4) is 0 Å². The molecule has 0 saturated carbocycles. The summed E-state index contributed by atoms with van der Waals surface area (Å²) in [6.45, 7) is 0. The van der Waals surface area contributed by atoms with Crippen LogP contribution in [0.25, 0.3) is 0 Å². The number of benzene rings is 1. The molecule has 0 amide bonds. The SMILES string of the molecule is O=C(O)C1(NS(=O)(=O)c2ccc(F)c(Cl)c2)CC=CC1. The smallest absolute Gasteiger partial charge is 0.325 e. The summed E-state index contributed by atoms with van der Waals surface area (Å²) in [5.74, 6) is -2.01. The van der Waals surface area contributed by atoms with Crippen LogP contribution in [-0.2, 0) is 14.8 Å². The third-order valence-corrected chi connectivity index (χ3v) is 4.86. The Bertz CT molecular complexity index is 679. The van der Waals surface area contributed by atoms with Crippen LogP contribution in [0.15, 0.2) is 35.2 Å². The Morgan fingerprint density at radius 3 is 2.45 bits per heavy atom. The predicted molar refractivity (Wildman–Crippen MR) is 70.5 cm³/mol. The first-order valence-corrected chi connectivity index (χ1v) is 7.50. The van der Waals surface area contributed by atoms with Gasteiger partial charge in [-0.05, 0) is 31.0 Å². The molecule has 1 aliphatic rings. The molecule has 108 valence electrons. The zero-order valence-electron chi connectivity index (χ0n) is 10.1. The molecule has 2 N–H and O–H groups in total. The second-order valence-electron chi connectivity index (χ2n) is 4.45. The number of sulfonamides is 1. The minimum absolute atomic E-state index is 0.0521. The Labute approximate surface area is 120 Å². The molecule has 0 spiro atoms. The molecule has 0 aliphatic heterocycles. The van der Waals surface area contributed by atoms with E-state index in [1.54, 1.807) is 12.2 Å². The van der Waals surface area contributed by atoms with E-state index >= 15 is 0 Å². The summed E-state index contributed by atoms with van der Waals surface area (Å²) in [4.78, 5) is 11.0. The average molecular weight is 320 g/mol. The molecule has 1 aliphatic carbocycles. The topological polar surface area (TPSA) is 83.5 Å². The highest BCUT2D eigenvalue weighted by molar-refractivity contribution is 7.89. The second kappa shape index (κ2) is 5.16. The molecule has 0 unspecified atom stereocenters. The van der Waals surface area contributed by atoms with E-state index in [0.29, 0.717) is 0 Å². The fourth-order valence-corrected chi connectivity index (χ4v) is 3.57. The maximum atomic E-state index is 13.0. The van der Waals surface area contributed by atoms with Gasteiger partial charge in [0, 0.05) is 0 Å². The highest BCUT2D eigenvalue weighted by Gasteiger charge is 2.42. The van der Waals surface area contributed by atoms with Gasteiger partial charge in [-0.3, -0.25) is 4.79 Å². The molecule has 0 fully saturated rings. The molecular formula is C12H11ClFNO4S. The van der Waals surface area contributed by atoms with Crippen LogP contribution in [0.5, 0.6) is 0 Å². The van der Waals surface area contributed by atoms with Gasteiger partial charge in [-0.2, -0.15) is 4.72 Å². The number of hydrogen-bond donors (Lipinski definition) is 2. The highest BCUT2D eigenvalue weighted by atomic mass is 35.5. The Morgan fingerprint density at radius 1 is 1.35 bits per heavy atom. The summed E-state index contributed by atoms with van der Waals surface area (Å²) in [5.41, 5.74) is -1.60. The molecule has 0 aromatic heterocycles. The van der Waals surface area contributed by atoms with E-state index in [1.165, 1.54) is 0 Å². The highest BCUT2D eigenvalue weighted by Crippen LogP contribution is 2.27. The summed E-state index contributed by atoms with van der Waals surface area (Å²) >= 11 is 5.54. The van der Waals surface area contributed by atoms with Gasteiger partial charge in [-0.1, -0.05) is 23.8 Å². The lowest BCUT2D eigenvalue weighted by Crippen LogP contribution is -2.52. The van der Waals surface area contributed by atoms with Gasteiger partial charge in [0.05, 0.1) is 9.92 Å². The zero-order valence-corrected chi connectivity index (χ0v) is 11.7. The lowest BCUT2D eigenvalue weighted by atomic mass is 9.99. The molecule has 8 heteroatoms. The molecule has 0 atom stereocenters. The molecule has 0 heterocycles. The molecule has 1 aromatic rings. The number of hydrogen-bond acceptors (Lipinski definition) is 3. The number of carboxylic acids is 1. The number of halogens is 2. The van der Waals surface area contributed by atoms with Crippen LogP contribution in [-0.4, -0.2) is 25.0 Å². The summed E-state index contributed by atoms with van der Waals surface area (Å²) in [7, 11) is -4.11. The largest absolute Gasteiger partial charge is 0.480 e. The van der Waals surface area contributed by atoms with Crippen LogP contribution < -0.4 is 4.72 Å². The summed E-state index contributed by atoms with van der Waals surface area (Å²) in [6, 6.07) is 2.88. The van der Waals surface area contributed by atoms with Gasteiger partial charge in [0.1, 0.15) is 11.4 Å². The normalized spacial score (nSPS) is 17.3. The van der Waals surface area contributed by atoms with Gasteiger partial charge in [-0.15, -0.1) is 0 Å². The number of rotatable bonds is 4. The average Bonchev–Trinajstić information content (AvgIpc) is 2.81. The Balaban J connectivity index is 2.35. The maximum Gasteiger partial charge on any atom is 0.325 e. The zero-order chi connectivity index (χ0) is 15.0. The fraction of sp³-hybridized carbons (Fsp3) is 0.250. The number of carboxylic acid groups (broad SMARTS) is 1. The van der Waals surface area contributed by atoms with Gasteiger partial charge in [0.25, 0.3) is 0 Å². The summed E-state index contributed by atoms with van der Waals surface area (Å²) in [6.07, 6.45) is 3.29. The first kappa shape index (κ1) is 15.0. The summed E-state index contributed by atoms with van der Waals surface area (Å²) in [5, 5.41) is 8.87. The van der Waals surface area contributed by atoms with Crippen molar-refractivity contribution in [1.82, 2.24) is 4.72 Å². The Morgan fingerprint density at radius 2 is 1.95 bits per heavy atom. The van der Waals surface area contributed by atoms with E-state index in [1.807, 2.05) is 0 Å². The van der Waals surface area contributed by atoms with Crippen LogP contribution in [0.2, 0.25) is 5.02 Å². The molecule has 5 nitrogen and oxygen atoms in total. The third kappa shape index (κ3) is 2.70. The van der Waals surface area contributed by atoms with E-state index in [-0.39, 0.29) is 22.8 Å². The van der Waals surface area contributed by atoms with Crippen LogP contribution in [0.1, 0.15) is 12.8 Å². The van der Waals surface area contributed by atoms with E-state index in [9.17, 15) is 22.7 Å². The molecule has 0 bridgehead atoms. The quantitative estimate of drug-likeness (QED) is 0.831. The van der Waals surface area contributed by atoms with E-state index in [2.05, 4.69) is 4.72 Å². The molecule has 0 saturated heterocycles. The summed E-state index contributed by atoms with van der Waals surface area (Å²) < 4.78 is 39.6. The predicted octanol–water partition coefficient (Wildman–Crippen LogP) is 1.93. The fourth-order valence-electron chi connectivity index (χ4n) is 1.91. The number of carbonyl (C=O) groups is 1. The van der Waals surface area contributed by atoms with Gasteiger partial charge in [0.2, 0.25) is 10.0 Å². The maximum absolute atomic E-state index is 13.0. The lowest BCUT2D eigenvalue weighted by Gasteiger charge is -2.25. The minimum Gasteiger partial charge on any atom is -0.480 e. The third-order valence-electron chi connectivity index (χ3n) is 3.04. The van der Waals surface area contributed by atoms with Crippen molar-refractivity contribution in [3.05, 3.63) is 41.2 Å². The monoisotopic (exact) mass is 319 g/mol. The van der Waals surface area contributed by atoms with Crippen molar-refractivity contribution in [3.63, 3.8) is 0 Å². The van der Waals surface area contributed by atoms with Gasteiger partial charge in [-0.25, -0.2) is 12.8 Å². The van der Waals surface area contributed by atoms with Gasteiger partial charge < -0.3 is 5.11 Å². The number of nitrogens with one attached hydrogen (secondary N) is 1. The van der Waals surface area contributed by atoms with Crippen molar-refractivity contribution in [2.45, 2.75) is 23.3 Å². The first-order chi connectivity index (χ1) is 9.27. The van der Waals surface area contributed by atoms with E-state index < -0.39 is 27.3 Å². The van der Waals surface area contributed by atoms with Gasteiger partial charge in [0.15, 0.2) is 0 Å². The van der Waals surface area contributed by atoms with Crippen molar-refractivity contribution >= 4 is 27.6 Å². The Kier molecular flexibility index (Phi) is 3.86. The van der Waals surface area contributed by atoms with Crippen molar-refractivity contribution in [2.75, 3.05) is 0 Å². The van der Waals surface area contributed by atoms with Crippen LogP contribution in [0.4, 0.5) is 4.39 Å². The lowest BCUT2D eigenvalue weighted by molar-refractivity contribution is -0.143. The van der Waals surface area contributed by atoms with Crippen molar-refractivity contribution < 1.29 is 22.7 Å². The first-order valence-electron chi connectivity index (χ1n) is 5.64. The Hall–Kier alpha value is -1.44. The molecule has 0 radical (unpaired) electrons. The number of aliphatic carboxylic acids is 1. The molecule has 1 aromatic carbocycles. The minimum atomic E-state index is -4.11. The van der Waals surface area contributed by atoms with Crippen molar-refractivity contribution in [2.24, 2.45) is 0 Å². The standard InChI is InChI=1S/C12H11ClFNO4S/c13-9-7-8(3-4-10(9)14)20(18,19)15-12(11(16)17)5-1-2-6-12/h1-4,7,15H,5-6H2,(H,16,17). The molecular weight excluding hydrogens is 309 g/mol. The second-order valence-corrected chi connectivity index (χ2v) is 6.54. The van der Waals surface area contributed by atoms with Crippen molar-refractivity contribution in [1.29, 1.82) is 0 Å². The van der Waals surface area contributed by atoms with E-state index in [4.69, 9.17) is 11.6 Å². The van der Waals surface area contributed by atoms with Crippen molar-refractivity contribution in [3.8, 4) is 0 Å². The molecule has 20 heavy (non-hydrogen) atoms. The van der Waals surface area contributed by atoms with Gasteiger partial charge >= 0.3 is 5.97 Å². The van der Waals surface area contributed by atoms with E-state index in [0.717, 1.165) is 18.2 Å². The molecule has 2 rings (SSSR count).